The highest BCUT2D eigenvalue weighted by Gasteiger charge is 2.34. The minimum absolute atomic E-state index is 0.00215. The number of carbonyl (C=O) groups is 2. The first-order valence-electron chi connectivity index (χ1n) is 12.8. The lowest BCUT2D eigenvalue weighted by Crippen LogP contribution is -2.51. The van der Waals surface area contributed by atoms with Gasteiger partial charge in [-0.3, -0.25) is 14.3 Å². The maximum absolute atomic E-state index is 13.3. The first kappa shape index (κ1) is 29.2. The SMILES string of the molecule is O=C(NCc1ccccc1)[C@@H]1CN(C(=O)COc2ccc(S(=O)(=O)Nc3ccc(Cl)cc3)cc2Cl)c2ccccc2O1. The van der Waals surface area contributed by atoms with Crippen LogP contribution in [0.15, 0.2) is 102 Å². The molecule has 4 aromatic rings. The van der Waals surface area contributed by atoms with Gasteiger partial charge in [0, 0.05) is 17.3 Å². The summed E-state index contributed by atoms with van der Waals surface area (Å²) in [5.41, 5.74) is 1.76. The minimum Gasteiger partial charge on any atom is -0.482 e. The van der Waals surface area contributed by atoms with Gasteiger partial charge in [-0.05, 0) is 60.2 Å². The number of fused-ring (bicyclic) bond motifs is 1. The van der Waals surface area contributed by atoms with Gasteiger partial charge >= 0.3 is 0 Å². The lowest BCUT2D eigenvalue weighted by Gasteiger charge is -2.34. The molecule has 0 spiro atoms. The summed E-state index contributed by atoms with van der Waals surface area (Å²) >= 11 is 12.2. The van der Waals surface area contributed by atoms with Crippen LogP contribution in [0.2, 0.25) is 10.0 Å². The van der Waals surface area contributed by atoms with E-state index in [9.17, 15) is 18.0 Å². The summed E-state index contributed by atoms with van der Waals surface area (Å²) < 4.78 is 39.6. The molecule has 0 radical (unpaired) electrons. The third kappa shape index (κ3) is 6.96. The van der Waals surface area contributed by atoms with E-state index in [1.807, 2.05) is 30.3 Å². The molecule has 0 aliphatic carbocycles. The monoisotopic (exact) mass is 625 g/mol. The zero-order valence-corrected chi connectivity index (χ0v) is 24.3. The predicted molar refractivity (Wildman–Crippen MR) is 161 cm³/mol. The molecule has 4 aromatic carbocycles. The second-order valence-corrected chi connectivity index (χ2v) is 11.8. The molecule has 1 heterocycles. The quantitative estimate of drug-likeness (QED) is 0.261. The maximum atomic E-state index is 13.3. The molecule has 12 heteroatoms. The summed E-state index contributed by atoms with van der Waals surface area (Å²) in [6, 6.07) is 26.5. The molecule has 5 rings (SSSR count). The number of benzene rings is 4. The number of sulfonamides is 1. The Hall–Kier alpha value is -4.25. The summed E-state index contributed by atoms with van der Waals surface area (Å²) in [6.07, 6.45) is -0.936. The number of ether oxygens (including phenoxy) is 2. The summed E-state index contributed by atoms with van der Waals surface area (Å²) in [5.74, 6) is -0.296. The van der Waals surface area contributed by atoms with Gasteiger partial charge in [0.2, 0.25) is 0 Å². The average Bonchev–Trinajstić information content (AvgIpc) is 3.00. The Morgan fingerprint density at radius 3 is 2.38 bits per heavy atom. The number of para-hydroxylation sites is 2. The Labute approximate surface area is 253 Å². The van der Waals surface area contributed by atoms with Crippen LogP contribution in [-0.4, -0.2) is 39.5 Å². The van der Waals surface area contributed by atoms with Crippen molar-refractivity contribution in [3.63, 3.8) is 0 Å². The molecular formula is C30H25Cl2N3O6S. The van der Waals surface area contributed by atoms with Crippen molar-refractivity contribution in [2.75, 3.05) is 22.8 Å². The van der Waals surface area contributed by atoms with E-state index < -0.39 is 28.6 Å². The standard InChI is InChI=1S/C30H25Cl2N3O6S/c31-21-10-12-22(13-11-21)34-42(38,39)23-14-15-26(24(32)16-23)40-19-29(36)35-18-28(41-27-9-5-4-8-25(27)35)30(37)33-17-20-6-2-1-3-7-20/h1-16,28,34H,17-19H2,(H,33,37)/t28-/m0/s1. The number of carbonyl (C=O) groups excluding carboxylic acids is 2. The van der Waals surface area contributed by atoms with Gasteiger partial charge in [0.25, 0.3) is 21.8 Å². The number of halogens is 2. The van der Waals surface area contributed by atoms with Crippen LogP contribution in [0.25, 0.3) is 0 Å². The Balaban J connectivity index is 1.24. The van der Waals surface area contributed by atoms with Crippen LogP contribution in [0, 0.1) is 0 Å². The van der Waals surface area contributed by atoms with Crippen molar-refractivity contribution in [2.45, 2.75) is 17.5 Å². The van der Waals surface area contributed by atoms with Crippen LogP contribution in [-0.2, 0) is 26.2 Å². The zero-order valence-electron chi connectivity index (χ0n) is 22.0. The van der Waals surface area contributed by atoms with Crippen LogP contribution in [0.3, 0.4) is 0 Å². The zero-order chi connectivity index (χ0) is 29.7. The first-order valence-corrected chi connectivity index (χ1v) is 15.0. The van der Waals surface area contributed by atoms with Crippen molar-refractivity contribution in [3.8, 4) is 11.5 Å². The summed E-state index contributed by atoms with van der Waals surface area (Å²) in [4.78, 5) is 27.6. The summed E-state index contributed by atoms with van der Waals surface area (Å²) in [6.45, 7) is -0.125. The molecule has 0 aromatic heterocycles. The second-order valence-electron chi connectivity index (χ2n) is 9.28. The molecule has 1 aliphatic heterocycles. The Morgan fingerprint density at radius 1 is 0.929 bits per heavy atom. The molecule has 0 saturated heterocycles. The van der Waals surface area contributed by atoms with Crippen molar-refractivity contribution in [1.29, 1.82) is 0 Å². The van der Waals surface area contributed by atoms with E-state index in [0.717, 1.165) is 5.56 Å². The number of anilines is 2. The van der Waals surface area contributed by atoms with Gasteiger partial charge in [-0.2, -0.15) is 0 Å². The summed E-state index contributed by atoms with van der Waals surface area (Å²) in [7, 11) is -3.94. The van der Waals surface area contributed by atoms with Crippen molar-refractivity contribution in [1.82, 2.24) is 5.32 Å². The van der Waals surface area contributed by atoms with E-state index in [2.05, 4.69) is 10.0 Å². The molecule has 42 heavy (non-hydrogen) atoms. The Bertz CT molecular complexity index is 1700. The van der Waals surface area contributed by atoms with E-state index in [1.165, 1.54) is 35.2 Å². The third-order valence-corrected chi connectivity index (χ3v) is 8.26. The highest BCUT2D eigenvalue weighted by atomic mass is 35.5. The van der Waals surface area contributed by atoms with Gasteiger partial charge < -0.3 is 19.7 Å². The minimum atomic E-state index is -3.94. The number of hydrogen-bond donors (Lipinski definition) is 2. The van der Waals surface area contributed by atoms with E-state index in [4.69, 9.17) is 32.7 Å². The highest BCUT2D eigenvalue weighted by Crippen LogP contribution is 2.34. The molecule has 0 unspecified atom stereocenters. The number of nitrogens with zero attached hydrogens (tertiary/aromatic N) is 1. The number of nitrogens with one attached hydrogen (secondary N) is 2. The lowest BCUT2D eigenvalue weighted by atomic mass is 10.1. The summed E-state index contributed by atoms with van der Waals surface area (Å²) in [5, 5.41) is 3.32. The molecular weight excluding hydrogens is 601 g/mol. The molecule has 1 atom stereocenters. The maximum Gasteiger partial charge on any atom is 0.265 e. The fraction of sp³-hybridized carbons (Fsp3) is 0.133. The Kier molecular flexibility index (Phi) is 8.86. The van der Waals surface area contributed by atoms with Crippen LogP contribution >= 0.6 is 23.2 Å². The molecule has 2 N–H and O–H groups in total. The van der Waals surface area contributed by atoms with Crippen LogP contribution < -0.4 is 24.4 Å². The normalized spacial score (nSPS) is 14.3. The van der Waals surface area contributed by atoms with E-state index >= 15 is 0 Å². The van der Waals surface area contributed by atoms with Crippen molar-refractivity contribution in [2.24, 2.45) is 0 Å². The first-order chi connectivity index (χ1) is 20.2. The van der Waals surface area contributed by atoms with Gasteiger partial charge in [0.05, 0.1) is 22.2 Å². The second kappa shape index (κ2) is 12.7. The average molecular weight is 627 g/mol. The van der Waals surface area contributed by atoms with Gasteiger partial charge in [0.1, 0.15) is 11.5 Å². The van der Waals surface area contributed by atoms with Gasteiger partial charge in [0.15, 0.2) is 12.7 Å². The fourth-order valence-electron chi connectivity index (χ4n) is 4.22. The van der Waals surface area contributed by atoms with Gasteiger partial charge in [-0.25, -0.2) is 8.42 Å². The van der Waals surface area contributed by atoms with Gasteiger partial charge in [-0.1, -0.05) is 65.7 Å². The van der Waals surface area contributed by atoms with Crippen LogP contribution in [0.5, 0.6) is 11.5 Å². The molecule has 1 aliphatic rings. The molecule has 0 fully saturated rings. The largest absolute Gasteiger partial charge is 0.482 e. The van der Waals surface area contributed by atoms with E-state index in [-0.39, 0.29) is 28.1 Å². The predicted octanol–water partition coefficient (Wildman–Crippen LogP) is 5.28. The van der Waals surface area contributed by atoms with E-state index in [0.29, 0.717) is 28.7 Å². The van der Waals surface area contributed by atoms with Crippen molar-refractivity contribution >= 4 is 56.4 Å². The van der Waals surface area contributed by atoms with Crippen molar-refractivity contribution < 1.29 is 27.5 Å². The van der Waals surface area contributed by atoms with E-state index in [1.54, 1.807) is 36.4 Å². The molecule has 0 bridgehead atoms. The molecule has 216 valence electrons. The van der Waals surface area contributed by atoms with Gasteiger partial charge in [-0.15, -0.1) is 0 Å². The number of amides is 2. The number of hydrogen-bond acceptors (Lipinski definition) is 6. The number of rotatable bonds is 9. The molecule has 2 amide bonds. The topological polar surface area (TPSA) is 114 Å². The van der Waals surface area contributed by atoms with Crippen LogP contribution in [0.1, 0.15) is 5.56 Å². The fourth-order valence-corrected chi connectivity index (χ4v) is 5.73. The smallest absolute Gasteiger partial charge is 0.265 e. The third-order valence-electron chi connectivity index (χ3n) is 6.34. The highest BCUT2D eigenvalue weighted by molar-refractivity contribution is 7.92. The lowest BCUT2D eigenvalue weighted by molar-refractivity contribution is -0.128. The molecule has 9 nitrogen and oxygen atoms in total. The Morgan fingerprint density at radius 2 is 1.64 bits per heavy atom. The molecule has 0 saturated carbocycles. The van der Waals surface area contributed by atoms with Crippen molar-refractivity contribution in [3.05, 3.63) is 113 Å². The van der Waals surface area contributed by atoms with Crippen LogP contribution in [0.4, 0.5) is 11.4 Å².